The minimum atomic E-state index is -0.860. The molecule has 0 bridgehead atoms. The summed E-state index contributed by atoms with van der Waals surface area (Å²) in [7, 11) is 0. The largest absolute Gasteiger partial charge is 0.617 e. The van der Waals surface area contributed by atoms with Gasteiger partial charge in [-0.15, -0.1) is 0 Å². The smallest absolute Gasteiger partial charge is 0.407 e. The summed E-state index contributed by atoms with van der Waals surface area (Å²) in [5, 5.41) is 9.03. The molecule has 1 rings (SSSR count). The van der Waals surface area contributed by atoms with E-state index >= 15 is 0 Å². The van der Waals surface area contributed by atoms with Crippen LogP contribution in [-0.2, 0) is 11.2 Å². The normalized spacial score (nSPS) is 33.9. The first-order valence-electron chi connectivity index (χ1n) is 5.21. The third kappa shape index (κ3) is 3.28. The van der Waals surface area contributed by atoms with Crippen LogP contribution >= 0.6 is 0 Å². The highest BCUT2D eigenvalue weighted by atomic mass is 32.2. The van der Waals surface area contributed by atoms with Crippen molar-refractivity contribution in [3.63, 3.8) is 0 Å². The lowest BCUT2D eigenvalue weighted by Gasteiger charge is -2.40. The molecule has 1 aliphatic rings. The molecular weight excluding hydrogens is 214 g/mol. The molecule has 0 aromatic rings. The Hall–Kier alpha value is -0.420. The standard InChI is InChI=1S/C10H19NO3S/c1-7-4-9(6-15(3)14)8(2)11(5-7)10(12)13/h7-9H,4-6H2,1-3H3,(H,12,13). The Morgan fingerprint density at radius 1 is 1.60 bits per heavy atom. The molecule has 1 fully saturated rings. The maximum atomic E-state index is 11.2. The Kier molecular flexibility index (Phi) is 4.28. The zero-order valence-electron chi connectivity index (χ0n) is 9.47. The molecule has 1 saturated heterocycles. The molecule has 0 aromatic carbocycles. The van der Waals surface area contributed by atoms with Gasteiger partial charge in [-0.25, -0.2) is 4.79 Å². The van der Waals surface area contributed by atoms with Crippen LogP contribution in [0.25, 0.3) is 0 Å². The Labute approximate surface area is 93.8 Å². The highest BCUT2D eigenvalue weighted by molar-refractivity contribution is 7.90. The van der Waals surface area contributed by atoms with Crippen molar-refractivity contribution >= 4 is 17.3 Å². The summed E-state index contributed by atoms with van der Waals surface area (Å²) in [4.78, 5) is 12.5. The van der Waals surface area contributed by atoms with Gasteiger partial charge in [0.1, 0.15) is 5.75 Å². The summed E-state index contributed by atoms with van der Waals surface area (Å²) in [5.41, 5.74) is 0. The number of carboxylic acid groups (broad SMARTS) is 1. The first-order chi connectivity index (χ1) is 6.91. The number of likely N-dealkylation sites (tertiary alicyclic amines) is 1. The Balaban J connectivity index is 2.67. The average molecular weight is 233 g/mol. The van der Waals surface area contributed by atoms with Crippen molar-refractivity contribution in [2.75, 3.05) is 18.6 Å². The zero-order valence-corrected chi connectivity index (χ0v) is 10.3. The lowest BCUT2D eigenvalue weighted by atomic mass is 9.86. The van der Waals surface area contributed by atoms with Crippen LogP contribution in [0.4, 0.5) is 4.79 Å². The SMILES string of the molecule is CC1CC(C[S+](C)[O-])C(C)N(C(=O)O)C1. The van der Waals surface area contributed by atoms with Crippen LogP contribution in [0.3, 0.4) is 0 Å². The number of carbonyl (C=O) groups is 1. The van der Waals surface area contributed by atoms with Crippen molar-refractivity contribution in [1.29, 1.82) is 0 Å². The molecule has 1 heterocycles. The quantitative estimate of drug-likeness (QED) is 0.733. The molecule has 0 radical (unpaired) electrons. The van der Waals surface area contributed by atoms with E-state index in [-0.39, 0.29) is 12.0 Å². The molecule has 1 amide bonds. The predicted molar refractivity (Wildman–Crippen MR) is 60.4 cm³/mol. The number of rotatable bonds is 2. The van der Waals surface area contributed by atoms with Gasteiger partial charge in [-0.3, -0.25) is 0 Å². The van der Waals surface area contributed by atoms with E-state index < -0.39 is 17.3 Å². The van der Waals surface area contributed by atoms with Crippen LogP contribution in [0.2, 0.25) is 0 Å². The number of amides is 1. The second kappa shape index (κ2) is 5.07. The molecule has 1 aliphatic heterocycles. The number of hydrogen-bond donors (Lipinski definition) is 1. The van der Waals surface area contributed by atoms with Gasteiger partial charge in [0.05, 0.1) is 6.26 Å². The molecular formula is C10H19NO3S. The van der Waals surface area contributed by atoms with Crippen molar-refractivity contribution in [3.8, 4) is 0 Å². The Morgan fingerprint density at radius 3 is 2.67 bits per heavy atom. The van der Waals surface area contributed by atoms with Crippen molar-refractivity contribution in [1.82, 2.24) is 4.90 Å². The molecule has 1 N–H and O–H groups in total. The van der Waals surface area contributed by atoms with Gasteiger partial charge in [0.25, 0.3) is 0 Å². The van der Waals surface area contributed by atoms with E-state index in [1.165, 1.54) is 4.90 Å². The molecule has 4 nitrogen and oxygen atoms in total. The molecule has 4 atom stereocenters. The molecule has 4 unspecified atom stereocenters. The topological polar surface area (TPSA) is 63.6 Å². The number of piperidine rings is 1. The Bertz CT molecular complexity index is 233. The summed E-state index contributed by atoms with van der Waals surface area (Å²) in [6, 6.07) is -0.0115. The van der Waals surface area contributed by atoms with Crippen molar-refractivity contribution in [2.45, 2.75) is 26.3 Å². The van der Waals surface area contributed by atoms with Crippen LogP contribution in [0, 0.1) is 11.8 Å². The van der Waals surface area contributed by atoms with Crippen LogP contribution in [0.15, 0.2) is 0 Å². The van der Waals surface area contributed by atoms with Crippen molar-refractivity contribution < 1.29 is 14.5 Å². The molecule has 0 spiro atoms. The summed E-state index contributed by atoms with van der Waals surface area (Å²) in [6.07, 6.45) is 1.79. The van der Waals surface area contributed by atoms with Crippen LogP contribution in [0.5, 0.6) is 0 Å². The molecule has 0 aliphatic carbocycles. The summed E-state index contributed by atoms with van der Waals surface area (Å²) >= 11 is -0.847. The molecule has 5 heteroatoms. The van der Waals surface area contributed by atoms with E-state index in [0.717, 1.165) is 6.42 Å². The van der Waals surface area contributed by atoms with Gasteiger partial charge in [0.2, 0.25) is 0 Å². The monoisotopic (exact) mass is 233 g/mol. The van der Waals surface area contributed by atoms with Gasteiger partial charge >= 0.3 is 6.09 Å². The highest BCUT2D eigenvalue weighted by Crippen LogP contribution is 2.28. The van der Waals surface area contributed by atoms with Crippen molar-refractivity contribution in [3.05, 3.63) is 0 Å². The van der Waals surface area contributed by atoms with Gasteiger partial charge in [0, 0.05) is 18.5 Å². The fourth-order valence-corrected chi connectivity index (χ4v) is 3.32. The van der Waals surface area contributed by atoms with Gasteiger partial charge in [0.15, 0.2) is 0 Å². The van der Waals surface area contributed by atoms with Gasteiger partial charge in [-0.05, 0) is 19.3 Å². The molecule has 15 heavy (non-hydrogen) atoms. The second-order valence-electron chi connectivity index (χ2n) is 4.52. The number of hydrogen-bond acceptors (Lipinski definition) is 2. The lowest BCUT2D eigenvalue weighted by molar-refractivity contribution is 0.0712. The lowest BCUT2D eigenvalue weighted by Crippen LogP contribution is -2.50. The maximum Gasteiger partial charge on any atom is 0.407 e. The average Bonchev–Trinajstić information content (AvgIpc) is 2.09. The van der Waals surface area contributed by atoms with E-state index in [1.54, 1.807) is 6.26 Å². The first kappa shape index (κ1) is 12.6. The summed E-state index contributed by atoms with van der Waals surface area (Å²) in [6.45, 7) is 4.56. The van der Waals surface area contributed by atoms with Gasteiger partial charge < -0.3 is 14.6 Å². The molecule has 88 valence electrons. The van der Waals surface area contributed by atoms with Crippen LogP contribution in [-0.4, -0.2) is 45.2 Å². The summed E-state index contributed by atoms with van der Waals surface area (Å²) in [5.74, 6) is 1.21. The first-order valence-corrected chi connectivity index (χ1v) is 6.94. The maximum absolute atomic E-state index is 11.2. The minimum absolute atomic E-state index is 0.0115. The highest BCUT2D eigenvalue weighted by Gasteiger charge is 2.35. The fourth-order valence-electron chi connectivity index (χ4n) is 2.31. The van der Waals surface area contributed by atoms with Gasteiger partial charge in [-0.2, -0.15) is 0 Å². The van der Waals surface area contributed by atoms with Crippen LogP contribution < -0.4 is 0 Å². The zero-order chi connectivity index (χ0) is 11.6. The Morgan fingerprint density at radius 2 is 2.20 bits per heavy atom. The second-order valence-corrected chi connectivity index (χ2v) is 6.00. The summed E-state index contributed by atoms with van der Waals surface area (Å²) < 4.78 is 11.2. The number of nitrogens with zero attached hydrogens (tertiary/aromatic N) is 1. The van der Waals surface area contributed by atoms with Crippen molar-refractivity contribution in [2.24, 2.45) is 11.8 Å². The van der Waals surface area contributed by atoms with E-state index in [1.807, 2.05) is 13.8 Å². The molecule has 0 aromatic heterocycles. The predicted octanol–water partition coefficient (Wildman–Crippen LogP) is 1.39. The fraction of sp³-hybridized carbons (Fsp3) is 0.900. The van der Waals surface area contributed by atoms with Crippen LogP contribution in [0.1, 0.15) is 20.3 Å². The third-order valence-corrected chi connectivity index (χ3v) is 3.98. The third-order valence-electron chi connectivity index (χ3n) is 3.08. The van der Waals surface area contributed by atoms with E-state index in [9.17, 15) is 9.35 Å². The molecule has 0 saturated carbocycles. The van der Waals surface area contributed by atoms with E-state index in [0.29, 0.717) is 18.2 Å². The van der Waals surface area contributed by atoms with Gasteiger partial charge in [-0.1, -0.05) is 18.1 Å². The van der Waals surface area contributed by atoms with E-state index in [4.69, 9.17) is 5.11 Å². The van der Waals surface area contributed by atoms with E-state index in [2.05, 4.69) is 0 Å². The minimum Gasteiger partial charge on any atom is -0.617 e.